The van der Waals surface area contributed by atoms with E-state index < -0.39 is 33.1 Å². The van der Waals surface area contributed by atoms with Gasteiger partial charge in [-0.15, -0.1) is 0 Å². The van der Waals surface area contributed by atoms with Gasteiger partial charge in [-0.3, -0.25) is 0 Å². The minimum Gasteiger partial charge on any atom is -0.507 e. The number of rotatable bonds is 3. The number of alkyl halides is 3. The average molecular weight is 268 g/mol. The SMILES string of the molecule is CCS(=O)(=O)Cc1ccc(O)c(C(F)(F)F)c1. The maximum absolute atomic E-state index is 12.4. The summed E-state index contributed by atoms with van der Waals surface area (Å²) >= 11 is 0. The van der Waals surface area contributed by atoms with Crippen molar-refractivity contribution in [2.24, 2.45) is 0 Å². The van der Waals surface area contributed by atoms with Gasteiger partial charge in [-0.05, 0) is 17.7 Å². The molecule has 0 heterocycles. The van der Waals surface area contributed by atoms with E-state index in [0.29, 0.717) is 6.07 Å². The largest absolute Gasteiger partial charge is 0.507 e. The third-order valence-corrected chi connectivity index (χ3v) is 3.85. The lowest BCUT2D eigenvalue weighted by Crippen LogP contribution is -2.09. The van der Waals surface area contributed by atoms with Crippen LogP contribution >= 0.6 is 0 Å². The number of phenols is 1. The van der Waals surface area contributed by atoms with Crippen LogP contribution in [-0.4, -0.2) is 19.3 Å². The number of benzene rings is 1. The zero-order chi connectivity index (χ0) is 13.3. The maximum Gasteiger partial charge on any atom is 0.419 e. The molecule has 17 heavy (non-hydrogen) atoms. The van der Waals surface area contributed by atoms with Gasteiger partial charge in [0.2, 0.25) is 0 Å². The first kappa shape index (κ1) is 13.8. The molecule has 0 unspecified atom stereocenters. The number of hydrogen-bond acceptors (Lipinski definition) is 3. The molecule has 3 nitrogen and oxygen atoms in total. The van der Waals surface area contributed by atoms with Gasteiger partial charge in [-0.2, -0.15) is 13.2 Å². The van der Waals surface area contributed by atoms with Crippen molar-refractivity contribution < 1.29 is 26.7 Å². The van der Waals surface area contributed by atoms with Crippen molar-refractivity contribution in [1.29, 1.82) is 0 Å². The number of sulfone groups is 1. The van der Waals surface area contributed by atoms with Gasteiger partial charge >= 0.3 is 6.18 Å². The molecular weight excluding hydrogens is 257 g/mol. The van der Waals surface area contributed by atoms with Gasteiger partial charge in [-0.1, -0.05) is 13.0 Å². The van der Waals surface area contributed by atoms with E-state index in [1.165, 1.54) is 6.92 Å². The topological polar surface area (TPSA) is 54.4 Å². The van der Waals surface area contributed by atoms with Crippen molar-refractivity contribution in [2.45, 2.75) is 18.9 Å². The molecule has 0 atom stereocenters. The van der Waals surface area contributed by atoms with Crippen LogP contribution in [0.25, 0.3) is 0 Å². The lowest BCUT2D eigenvalue weighted by atomic mass is 10.1. The summed E-state index contributed by atoms with van der Waals surface area (Å²) in [6.07, 6.45) is -4.70. The van der Waals surface area contributed by atoms with E-state index in [1.807, 2.05) is 0 Å². The number of phenolic OH excluding ortho intramolecular Hbond substituents is 1. The normalized spacial score (nSPS) is 12.7. The molecule has 96 valence electrons. The van der Waals surface area contributed by atoms with E-state index in [4.69, 9.17) is 5.11 Å². The Kier molecular flexibility index (Phi) is 3.71. The zero-order valence-corrected chi connectivity index (χ0v) is 9.77. The van der Waals surface area contributed by atoms with Crippen LogP contribution in [0.4, 0.5) is 13.2 Å². The predicted octanol–water partition coefficient (Wildman–Crippen LogP) is 2.35. The van der Waals surface area contributed by atoms with Crippen molar-refractivity contribution in [3.05, 3.63) is 29.3 Å². The molecular formula is C10H11F3O3S. The molecule has 0 aliphatic carbocycles. The Morgan fingerprint density at radius 3 is 2.35 bits per heavy atom. The van der Waals surface area contributed by atoms with Crippen molar-refractivity contribution in [3.63, 3.8) is 0 Å². The zero-order valence-electron chi connectivity index (χ0n) is 8.95. The van der Waals surface area contributed by atoms with Gasteiger partial charge in [0.25, 0.3) is 0 Å². The van der Waals surface area contributed by atoms with Gasteiger partial charge in [0.1, 0.15) is 5.75 Å². The molecule has 1 aromatic rings. The van der Waals surface area contributed by atoms with Crippen molar-refractivity contribution in [1.82, 2.24) is 0 Å². The molecule has 1 rings (SSSR count). The Balaban J connectivity index is 3.14. The monoisotopic (exact) mass is 268 g/mol. The van der Waals surface area contributed by atoms with Gasteiger partial charge in [0, 0.05) is 5.75 Å². The highest BCUT2D eigenvalue weighted by atomic mass is 32.2. The predicted molar refractivity (Wildman–Crippen MR) is 56.3 cm³/mol. The number of halogens is 3. The molecule has 0 amide bonds. The van der Waals surface area contributed by atoms with Crippen LogP contribution < -0.4 is 0 Å². The Bertz CT molecular complexity index is 506. The maximum atomic E-state index is 12.4. The van der Waals surface area contributed by atoms with E-state index in [-0.39, 0.29) is 11.3 Å². The molecule has 0 fully saturated rings. The van der Waals surface area contributed by atoms with Crippen molar-refractivity contribution >= 4 is 9.84 Å². The summed E-state index contributed by atoms with van der Waals surface area (Å²) in [6, 6.07) is 2.67. The summed E-state index contributed by atoms with van der Waals surface area (Å²) in [6.45, 7) is 1.42. The third-order valence-electron chi connectivity index (χ3n) is 2.19. The van der Waals surface area contributed by atoms with Gasteiger partial charge < -0.3 is 5.11 Å². The summed E-state index contributed by atoms with van der Waals surface area (Å²) in [5, 5.41) is 9.06. The van der Waals surface area contributed by atoms with Gasteiger partial charge in [-0.25, -0.2) is 8.42 Å². The molecule has 0 aromatic heterocycles. The Morgan fingerprint density at radius 1 is 1.29 bits per heavy atom. The standard InChI is InChI=1S/C10H11F3O3S/c1-2-17(15,16)6-7-3-4-9(14)8(5-7)10(11,12)13/h3-5,14H,2,6H2,1H3. The van der Waals surface area contributed by atoms with Crippen LogP contribution in [0.5, 0.6) is 5.75 Å². The molecule has 0 bridgehead atoms. The summed E-state index contributed by atoms with van der Waals surface area (Å²) in [5.74, 6) is -1.52. The molecule has 0 saturated heterocycles. The quantitative estimate of drug-likeness (QED) is 0.915. The molecule has 1 N–H and O–H groups in total. The van der Waals surface area contributed by atoms with Crippen molar-refractivity contribution in [2.75, 3.05) is 5.75 Å². The lowest BCUT2D eigenvalue weighted by molar-refractivity contribution is -0.138. The highest BCUT2D eigenvalue weighted by molar-refractivity contribution is 7.90. The fraction of sp³-hybridized carbons (Fsp3) is 0.400. The minimum atomic E-state index is -4.70. The van der Waals surface area contributed by atoms with Crippen LogP contribution in [-0.2, 0) is 21.8 Å². The lowest BCUT2D eigenvalue weighted by Gasteiger charge is -2.10. The van der Waals surface area contributed by atoms with Crippen LogP contribution in [0.15, 0.2) is 18.2 Å². The van der Waals surface area contributed by atoms with Crippen LogP contribution in [0.3, 0.4) is 0 Å². The number of hydrogen-bond donors (Lipinski definition) is 1. The highest BCUT2D eigenvalue weighted by Crippen LogP contribution is 2.36. The highest BCUT2D eigenvalue weighted by Gasteiger charge is 2.34. The van der Waals surface area contributed by atoms with Crippen molar-refractivity contribution in [3.8, 4) is 5.75 Å². The summed E-state index contributed by atoms with van der Waals surface area (Å²) in [4.78, 5) is 0. The first-order valence-corrected chi connectivity index (χ1v) is 6.57. The van der Waals surface area contributed by atoms with Gasteiger partial charge in [0.15, 0.2) is 9.84 Å². The van der Waals surface area contributed by atoms with E-state index in [9.17, 15) is 21.6 Å². The minimum absolute atomic E-state index is 0.0111. The summed E-state index contributed by atoms with van der Waals surface area (Å²) in [5.41, 5.74) is -1.21. The molecule has 0 radical (unpaired) electrons. The fourth-order valence-corrected chi connectivity index (χ4v) is 2.15. The second-order valence-electron chi connectivity index (χ2n) is 3.53. The van der Waals surface area contributed by atoms with E-state index in [0.717, 1.165) is 12.1 Å². The fourth-order valence-electron chi connectivity index (χ4n) is 1.26. The van der Waals surface area contributed by atoms with Crippen LogP contribution in [0.2, 0.25) is 0 Å². The Morgan fingerprint density at radius 2 is 1.88 bits per heavy atom. The summed E-state index contributed by atoms with van der Waals surface area (Å²) < 4.78 is 59.8. The third kappa shape index (κ3) is 3.62. The molecule has 7 heteroatoms. The molecule has 0 saturated carbocycles. The molecule has 1 aromatic carbocycles. The molecule has 0 aliphatic rings. The Labute approximate surface area is 96.8 Å². The first-order chi connectivity index (χ1) is 7.65. The van der Waals surface area contributed by atoms with E-state index in [2.05, 4.69) is 0 Å². The first-order valence-electron chi connectivity index (χ1n) is 4.75. The van der Waals surface area contributed by atoms with E-state index >= 15 is 0 Å². The van der Waals surface area contributed by atoms with E-state index in [1.54, 1.807) is 0 Å². The summed E-state index contributed by atoms with van der Waals surface area (Å²) in [7, 11) is -3.40. The number of aromatic hydroxyl groups is 1. The smallest absolute Gasteiger partial charge is 0.419 e. The average Bonchev–Trinajstić information content (AvgIpc) is 2.19. The Hall–Kier alpha value is -1.24. The van der Waals surface area contributed by atoms with Crippen LogP contribution in [0, 0.1) is 0 Å². The molecule has 0 spiro atoms. The second-order valence-corrected chi connectivity index (χ2v) is 5.88. The van der Waals surface area contributed by atoms with Gasteiger partial charge in [0.05, 0.1) is 11.3 Å². The van der Waals surface area contributed by atoms with Crippen LogP contribution in [0.1, 0.15) is 18.1 Å². The molecule has 0 aliphatic heterocycles. The second kappa shape index (κ2) is 4.56.